The molecule has 0 spiro atoms. The Morgan fingerprint density at radius 3 is 2.45 bits per heavy atom. The molecular weight excluding hydrogens is 250 g/mol. The van der Waals surface area contributed by atoms with Crippen LogP contribution in [0, 0.1) is 0 Å². The van der Waals surface area contributed by atoms with Crippen LogP contribution in [0.5, 0.6) is 0 Å². The lowest BCUT2D eigenvalue weighted by Gasteiger charge is -2.04. The summed E-state index contributed by atoms with van der Waals surface area (Å²) in [5, 5.41) is 4.18. The van der Waals surface area contributed by atoms with E-state index in [0.717, 1.165) is 16.9 Å². The summed E-state index contributed by atoms with van der Waals surface area (Å²) in [6.45, 7) is 0. The van der Waals surface area contributed by atoms with Gasteiger partial charge in [-0.2, -0.15) is 5.10 Å². The zero-order valence-corrected chi connectivity index (χ0v) is 10.7. The molecule has 0 aliphatic heterocycles. The minimum absolute atomic E-state index is 0.930. The molecule has 3 rings (SSSR count). The second-order valence-corrected chi connectivity index (χ2v) is 4.17. The summed E-state index contributed by atoms with van der Waals surface area (Å²) in [5.74, 6) is 0. The molecule has 5 heteroatoms. The lowest BCUT2D eigenvalue weighted by molar-refractivity contribution is 1.06. The number of hydrazone groups is 1. The normalized spacial score (nSPS) is 10.8. The molecular formula is C15H13N5. The molecule has 0 unspecified atom stereocenters. The molecule has 0 bridgehead atoms. The van der Waals surface area contributed by atoms with Crippen molar-refractivity contribution < 1.29 is 0 Å². The highest BCUT2D eigenvalue weighted by molar-refractivity contribution is 5.79. The van der Waals surface area contributed by atoms with Crippen molar-refractivity contribution in [2.75, 3.05) is 5.43 Å². The number of anilines is 1. The van der Waals surface area contributed by atoms with Gasteiger partial charge in [-0.05, 0) is 42.0 Å². The molecule has 2 heterocycles. The average Bonchev–Trinajstić information content (AvgIpc) is 3.03. The number of imidazole rings is 1. The van der Waals surface area contributed by atoms with Crippen molar-refractivity contribution in [1.82, 2.24) is 14.5 Å². The number of aromatic nitrogens is 3. The average molecular weight is 263 g/mol. The number of pyridine rings is 1. The van der Waals surface area contributed by atoms with Gasteiger partial charge >= 0.3 is 0 Å². The second kappa shape index (κ2) is 5.79. The third kappa shape index (κ3) is 2.89. The van der Waals surface area contributed by atoms with Crippen LogP contribution in [0.2, 0.25) is 0 Å². The fourth-order valence-electron chi connectivity index (χ4n) is 1.75. The quantitative estimate of drug-likeness (QED) is 0.581. The molecule has 98 valence electrons. The van der Waals surface area contributed by atoms with Gasteiger partial charge in [-0.25, -0.2) is 4.98 Å². The van der Waals surface area contributed by atoms with Crippen LogP contribution >= 0.6 is 0 Å². The Hall–Kier alpha value is -2.95. The summed E-state index contributed by atoms with van der Waals surface area (Å²) >= 11 is 0. The first-order valence-electron chi connectivity index (χ1n) is 6.19. The van der Waals surface area contributed by atoms with Crippen LogP contribution in [0.3, 0.4) is 0 Å². The van der Waals surface area contributed by atoms with E-state index in [1.807, 2.05) is 47.2 Å². The molecule has 0 aliphatic rings. The molecule has 0 saturated heterocycles. The fraction of sp³-hybridized carbons (Fsp3) is 0. The molecule has 2 aromatic heterocycles. The van der Waals surface area contributed by atoms with Crippen molar-refractivity contribution in [2.24, 2.45) is 5.10 Å². The number of benzene rings is 1. The summed E-state index contributed by atoms with van der Waals surface area (Å²) in [6, 6.07) is 11.7. The van der Waals surface area contributed by atoms with Crippen molar-refractivity contribution in [3.8, 4) is 5.69 Å². The number of nitrogens with one attached hydrogen (secondary N) is 1. The van der Waals surface area contributed by atoms with Crippen molar-refractivity contribution in [1.29, 1.82) is 0 Å². The molecule has 0 radical (unpaired) electrons. The van der Waals surface area contributed by atoms with Crippen LogP contribution in [0.4, 0.5) is 5.69 Å². The van der Waals surface area contributed by atoms with E-state index in [2.05, 4.69) is 20.5 Å². The maximum atomic E-state index is 4.18. The summed E-state index contributed by atoms with van der Waals surface area (Å²) in [6.07, 6.45) is 10.7. The monoisotopic (exact) mass is 263 g/mol. The SMILES string of the molecule is C(=NNc1ccc(-n2ccnc2)cc1)c1ccncc1. The topological polar surface area (TPSA) is 55.1 Å². The minimum atomic E-state index is 0.930. The third-order valence-electron chi connectivity index (χ3n) is 2.78. The highest BCUT2D eigenvalue weighted by atomic mass is 15.3. The lowest BCUT2D eigenvalue weighted by Crippen LogP contribution is -1.93. The van der Waals surface area contributed by atoms with E-state index in [-0.39, 0.29) is 0 Å². The number of nitrogens with zero attached hydrogens (tertiary/aromatic N) is 4. The summed E-state index contributed by atoms with van der Waals surface area (Å²) in [7, 11) is 0. The largest absolute Gasteiger partial charge is 0.306 e. The Bertz CT molecular complexity index is 672. The van der Waals surface area contributed by atoms with Gasteiger partial charge in [0.15, 0.2) is 0 Å². The molecule has 1 N–H and O–H groups in total. The standard InChI is InChI=1S/C15H13N5/c1-3-15(20-10-9-17-12-20)4-2-14(1)19-18-11-13-5-7-16-8-6-13/h1-12,19H. The Labute approximate surface area is 116 Å². The van der Waals surface area contributed by atoms with Crippen LogP contribution in [0.1, 0.15) is 5.56 Å². The molecule has 0 amide bonds. The van der Waals surface area contributed by atoms with E-state index in [0.29, 0.717) is 0 Å². The molecule has 3 aromatic rings. The van der Waals surface area contributed by atoms with Gasteiger partial charge in [0.05, 0.1) is 18.2 Å². The smallest absolute Gasteiger partial charge is 0.0991 e. The second-order valence-electron chi connectivity index (χ2n) is 4.17. The van der Waals surface area contributed by atoms with E-state index in [1.54, 1.807) is 31.1 Å². The maximum absolute atomic E-state index is 4.18. The van der Waals surface area contributed by atoms with Gasteiger partial charge in [-0.3, -0.25) is 10.4 Å². The highest BCUT2D eigenvalue weighted by Gasteiger charge is 1.95. The van der Waals surface area contributed by atoms with Crippen molar-refractivity contribution in [3.63, 3.8) is 0 Å². The van der Waals surface area contributed by atoms with Crippen molar-refractivity contribution >= 4 is 11.9 Å². The van der Waals surface area contributed by atoms with E-state index in [4.69, 9.17) is 0 Å². The zero-order chi connectivity index (χ0) is 13.6. The summed E-state index contributed by atoms with van der Waals surface area (Å²) in [4.78, 5) is 7.98. The maximum Gasteiger partial charge on any atom is 0.0991 e. The number of rotatable bonds is 4. The predicted octanol–water partition coefficient (Wildman–Crippen LogP) is 2.71. The van der Waals surface area contributed by atoms with Gasteiger partial charge in [-0.1, -0.05) is 0 Å². The van der Waals surface area contributed by atoms with Crippen molar-refractivity contribution in [3.05, 3.63) is 73.1 Å². The van der Waals surface area contributed by atoms with Gasteiger partial charge in [0, 0.05) is 30.5 Å². The Morgan fingerprint density at radius 2 is 1.75 bits per heavy atom. The number of hydrogen-bond donors (Lipinski definition) is 1. The Balaban J connectivity index is 1.65. The van der Waals surface area contributed by atoms with Crippen LogP contribution in [-0.2, 0) is 0 Å². The van der Waals surface area contributed by atoms with Crippen LogP contribution in [-0.4, -0.2) is 20.7 Å². The van der Waals surface area contributed by atoms with Gasteiger partial charge in [0.25, 0.3) is 0 Å². The molecule has 0 fully saturated rings. The number of hydrogen-bond acceptors (Lipinski definition) is 4. The minimum Gasteiger partial charge on any atom is -0.306 e. The first-order valence-corrected chi connectivity index (χ1v) is 6.19. The molecule has 1 aromatic carbocycles. The molecule has 0 aliphatic carbocycles. The van der Waals surface area contributed by atoms with E-state index < -0.39 is 0 Å². The van der Waals surface area contributed by atoms with E-state index in [9.17, 15) is 0 Å². The fourth-order valence-corrected chi connectivity index (χ4v) is 1.75. The predicted molar refractivity (Wildman–Crippen MR) is 79.0 cm³/mol. The lowest BCUT2D eigenvalue weighted by atomic mass is 10.3. The molecule has 0 saturated carbocycles. The molecule has 20 heavy (non-hydrogen) atoms. The van der Waals surface area contributed by atoms with E-state index >= 15 is 0 Å². The van der Waals surface area contributed by atoms with Crippen LogP contribution in [0.25, 0.3) is 5.69 Å². The van der Waals surface area contributed by atoms with E-state index in [1.165, 1.54) is 0 Å². The molecule has 5 nitrogen and oxygen atoms in total. The van der Waals surface area contributed by atoms with Crippen LogP contribution < -0.4 is 5.43 Å². The third-order valence-corrected chi connectivity index (χ3v) is 2.78. The first kappa shape index (κ1) is 12.1. The van der Waals surface area contributed by atoms with Crippen molar-refractivity contribution in [2.45, 2.75) is 0 Å². The van der Waals surface area contributed by atoms with Gasteiger partial charge in [-0.15, -0.1) is 0 Å². The molecule has 0 atom stereocenters. The summed E-state index contributed by atoms with van der Waals surface area (Å²) in [5.41, 5.74) is 5.98. The summed E-state index contributed by atoms with van der Waals surface area (Å²) < 4.78 is 1.95. The van der Waals surface area contributed by atoms with Crippen LogP contribution in [0.15, 0.2) is 72.6 Å². The Kier molecular flexibility index (Phi) is 3.51. The first-order chi connectivity index (χ1) is 9.92. The Morgan fingerprint density at radius 1 is 0.950 bits per heavy atom. The van der Waals surface area contributed by atoms with Gasteiger partial charge in [0.2, 0.25) is 0 Å². The van der Waals surface area contributed by atoms with Gasteiger partial charge in [0.1, 0.15) is 0 Å². The van der Waals surface area contributed by atoms with Gasteiger partial charge < -0.3 is 4.57 Å². The highest BCUT2D eigenvalue weighted by Crippen LogP contribution is 2.12. The zero-order valence-electron chi connectivity index (χ0n) is 10.7.